The molecule has 0 saturated carbocycles. The third-order valence-corrected chi connectivity index (χ3v) is 2.23. The highest BCUT2D eigenvalue weighted by atomic mass is 16.5. The van der Waals surface area contributed by atoms with Crippen LogP contribution in [0.15, 0.2) is 36.7 Å². The minimum Gasteiger partial charge on any atom is -0.497 e. The summed E-state index contributed by atoms with van der Waals surface area (Å²) >= 11 is 0. The Balaban J connectivity index is 2.12. The summed E-state index contributed by atoms with van der Waals surface area (Å²) in [4.78, 5) is 8.09. The van der Waals surface area contributed by atoms with Gasteiger partial charge in [-0.15, -0.1) is 0 Å². The molecule has 1 heterocycles. The lowest BCUT2D eigenvalue weighted by Gasteiger charge is -2.07. The monoisotopic (exact) mass is 241 g/mol. The largest absolute Gasteiger partial charge is 0.497 e. The maximum Gasteiger partial charge on any atom is 0.166 e. The molecule has 90 valence electrons. The third-order valence-electron chi connectivity index (χ3n) is 2.23. The van der Waals surface area contributed by atoms with Gasteiger partial charge in [-0.3, -0.25) is 0 Å². The Hall–Kier alpha value is -2.61. The van der Waals surface area contributed by atoms with E-state index in [9.17, 15) is 0 Å². The fraction of sp³-hybridized carbons (Fsp3) is 0.154. The van der Waals surface area contributed by atoms with E-state index in [4.69, 9.17) is 14.7 Å². The predicted molar refractivity (Wildman–Crippen MR) is 64.1 cm³/mol. The number of methoxy groups -OCH3 is 1. The summed E-state index contributed by atoms with van der Waals surface area (Å²) in [5.74, 6) is 1.72. The average Bonchev–Trinajstić information content (AvgIpc) is 2.45. The van der Waals surface area contributed by atoms with Gasteiger partial charge in [-0.2, -0.15) is 5.26 Å². The van der Waals surface area contributed by atoms with Crippen LogP contribution in [-0.4, -0.2) is 17.1 Å². The molecule has 0 radical (unpaired) electrons. The molecule has 0 saturated heterocycles. The van der Waals surface area contributed by atoms with E-state index in [2.05, 4.69) is 9.97 Å². The summed E-state index contributed by atoms with van der Waals surface area (Å²) < 4.78 is 10.6. The minimum atomic E-state index is 0.249. The summed E-state index contributed by atoms with van der Waals surface area (Å²) in [7, 11) is 1.54. The predicted octanol–water partition coefficient (Wildman–Crippen LogP) is 1.94. The Bertz CT molecular complexity index is 564. The van der Waals surface area contributed by atoms with Crippen molar-refractivity contribution in [2.75, 3.05) is 7.11 Å². The molecule has 5 heteroatoms. The van der Waals surface area contributed by atoms with Crippen LogP contribution in [0.5, 0.6) is 11.5 Å². The van der Waals surface area contributed by atoms with E-state index in [1.807, 2.05) is 6.07 Å². The lowest BCUT2D eigenvalue weighted by molar-refractivity contribution is 0.293. The van der Waals surface area contributed by atoms with Crippen LogP contribution in [0.25, 0.3) is 0 Å². The van der Waals surface area contributed by atoms with Crippen molar-refractivity contribution < 1.29 is 9.47 Å². The Morgan fingerprint density at radius 2 is 1.89 bits per heavy atom. The molecule has 0 aliphatic carbocycles. The van der Waals surface area contributed by atoms with E-state index in [-0.39, 0.29) is 6.61 Å². The number of benzene rings is 1. The lowest BCUT2D eigenvalue weighted by Crippen LogP contribution is -2.00. The molecule has 0 aliphatic rings. The molecule has 0 amide bonds. The van der Waals surface area contributed by atoms with Gasteiger partial charge in [0.05, 0.1) is 18.7 Å². The molecule has 18 heavy (non-hydrogen) atoms. The quantitative estimate of drug-likeness (QED) is 0.818. The van der Waals surface area contributed by atoms with Gasteiger partial charge in [0.15, 0.2) is 5.82 Å². The van der Waals surface area contributed by atoms with Gasteiger partial charge in [-0.05, 0) is 18.2 Å². The first-order chi connectivity index (χ1) is 8.81. The van der Waals surface area contributed by atoms with Crippen molar-refractivity contribution in [3.63, 3.8) is 0 Å². The normalized spacial score (nSPS) is 9.56. The number of aromatic nitrogens is 2. The number of rotatable bonds is 4. The van der Waals surface area contributed by atoms with Gasteiger partial charge in [0.1, 0.15) is 18.1 Å². The fourth-order valence-corrected chi connectivity index (χ4v) is 1.39. The Labute approximate surface area is 105 Å². The molecule has 5 nitrogen and oxygen atoms in total. The molecule has 0 spiro atoms. The molecule has 0 unspecified atom stereocenters. The molecule has 0 bridgehead atoms. The number of nitrogens with zero attached hydrogens (tertiary/aromatic N) is 3. The molecular formula is C13H11N3O2. The van der Waals surface area contributed by atoms with Gasteiger partial charge in [-0.1, -0.05) is 0 Å². The molecule has 0 N–H and O–H groups in total. The van der Waals surface area contributed by atoms with Gasteiger partial charge in [0.25, 0.3) is 0 Å². The Morgan fingerprint density at radius 1 is 1.17 bits per heavy atom. The van der Waals surface area contributed by atoms with Gasteiger partial charge in [-0.25, -0.2) is 9.97 Å². The van der Waals surface area contributed by atoms with Crippen molar-refractivity contribution in [3.8, 4) is 17.6 Å². The van der Waals surface area contributed by atoms with Crippen LogP contribution < -0.4 is 9.47 Å². The Kier molecular flexibility index (Phi) is 3.72. The Morgan fingerprint density at radius 3 is 2.56 bits per heavy atom. The fourth-order valence-electron chi connectivity index (χ4n) is 1.39. The molecule has 2 rings (SSSR count). The van der Waals surface area contributed by atoms with E-state index < -0.39 is 0 Å². The van der Waals surface area contributed by atoms with Crippen molar-refractivity contribution >= 4 is 0 Å². The summed E-state index contributed by atoms with van der Waals surface area (Å²) in [5.41, 5.74) is 0.485. The number of hydrogen-bond acceptors (Lipinski definition) is 5. The summed E-state index contributed by atoms with van der Waals surface area (Å²) in [6, 6.07) is 8.79. The van der Waals surface area contributed by atoms with E-state index in [1.165, 1.54) is 0 Å². The van der Waals surface area contributed by atoms with E-state index in [1.54, 1.807) is 43.8 Å². The van der Waals surface area contributed by atoms with Crippen molar-refractivity contribution in [1.29, 1.82) is 5.26 Å². The molecule has 1 aromatic carbocycles. The highest BCUT2D eigenvalue weighted by molar-refractivity contribution is 5.43. The van der Waals surface area contributed by atoms with Crippen molar-refractivity contribution in [1.82, 2.24) is 9.97 Å². The number of hydrogen-bond donors (Lipinski definition) is 0. The highest BCUT2D eigenvalue weighted by Gasteiger charge is 2.03. The smallest absolute Gasteiger partial charge is 0.166 e. The minimum absolute atomic E-state index is 0.249. The van der Waals surface area contributed by atoms with Crippen molar-refractivity contribution in [2.45, 2.75) is 6.61 Å². The first-order valence-electron chi connectivity index (χ1n) is 5.29. The summed E-state index contributed by atoms with van der Waals surface area (Å²) in [6.45, 7) is 0.249. The van der Waals surface area contributed by atoms with Crippen LogP contribution in [0.4, 0.5) is 0 Å². The average molecular weight is 241 g/mol. The molecule has 2 aromatic rings. The van der Waals surface area contributed by atoms with Crippen LogP contribution in [0.1, 0.15) is 11.4 Å². The maximum atomic E-state index is 8.88. The SMILES string of the molecule is COc1cc(C#N)cc(OCc2ncccn2)c1. The van der Waals surface area contributed by atoms with Crippen LogP contribution in [-0.2, 0) is 6.61 Å². The van der Waals surface area contributed by atoms with Crippen LogP contribution >= 0.6 is 0 Å². The third kappa shape index (κ3) is 2.95. The standard InChI is InChI=1S/C13H11N3O2/c1-17-11-5-10(8-14)6-12(7-11)18-9-13-15-3-2-4-16-13/h2-7H,9H2,1H3. The topological polar surface area (TPSA) is 68.0 Å². The molecule has 0 fully saturated rings. The van der Waals surface area contributed by atoms with E-state index >= 15 is 0 Å². The van der Waals surface area contributed by atoms with Gasteiger partial charge in [0.2, 0.25) is 0 Å². The first kappa shape index (κ1) is 11.9. The molecule has 0 atom stereocenters. The number of ether oxygens (including phenoxy) is 2. The molecule has 0 aliphatic heterocycles. The second-order valence-corrected chi connectivity index (χ2v) is 3.46. The number of nitriles is 1. The van der Waals surface area contributed by atoms with Crippen LogP contribution in [0.2, 0.25) is 0 Å². The van der Waals surface area contributed by atoms with Crippen molar-refractivity contribution in [2.24, 2.45) is 0 Å². The summed E-state index contributed by atoms with van der Waals surface area (Å²) in [5, 5.41) is 8.88. The zero-order valence-electron chi connectivity index (χ0n) is 9.83. The second-order valence-electron chi connectivity index (χ2n) is 3.46. The van der Waals surface area contributed by atoms with Gasteiger partial charge >= 0.3 is 0 Å². The van der Waals surface area contributed by atoms with E-state index in [0.29, 0.717) is 22.9 Å². The lowest BCUT2D eigenvalue weighted by atomic mass is 10.2. The molecular weight excluding hydrogens is 230 g/mol. The zero-order valence-corrected chi connectivity index (χ0v) is 9.83. The van der Waals surface area contributed by atoms with Crippen LogP contribution in [0.3, 0.4) is 0 Å². The first-order valence-corrected chi connectivity index (χ1v) is 5.29. The van der Waals surface area contributed by atoms with Gasteiger partial charge in [0, 0.05) is 18.5 Å². The summed E-state index contributed by atoms with van der Waals surface area (Å²) in [6.07, 6.45) is 3.30. The maximum absolute atomic E-state index is 8.88. The second kappa shape index (κ2) is 5.64. The van der Waals surface area contributed by atoms with Gasteiger partial charge < -0.3 is 9.47 Å². The van der Waals surface area contributed by atoms with E-state index in [0.717, 1.165) is 0 Å². The highest BCUT2D eigenvalue weighted by Crippen LogP contribution is 2.22. The molecule has 1 aromatic heterocycles. The van der Waals surface area contributed by atoms with Crippen molar-refractivity contribution in [3.05, 3.63) is 48.0 Å². The van der Waals surface area contributed by atoms with Crippen LogP contribution in [0, 0.1) is 11.3 Å². The zero-order chi connectivity index (χ0) is 12.8.